The third-order valence-corrected chi connectivity index (χ3v) is 24.2. The summed E-state index contributed by atoms with van der Waals surface area (Å²) in [5.74, 6) is 0. The van der Waals surface area contributed by atoms with Gasteiger partial charge in [0.05, 0.1) is 0 Å². The van der Waals surface area contributed by atoms with Crippen molar-refractivity contribution in [2.45, 2.75) is 116 Å². The van der Waals surface area contributed by atoms with Gasteiger partial charge in [0.1, 0.15) is 0 Å². The van der Waals surface area contributed by atoms with Gasteiger partial charge in [-0.3, -0.25) is 0 Å². The Morgan fingerprint density at radius 1 is 0.600 bits per heavy atom. The molecule has 0 aliphatic heterocycles. The molecule has 0 fully saturated rings. The SMILES string of the molecule is CCCC[CH2][Sn]([CH2]CCCC)([CH2]CCCC)[CH](C)CC. The zero-order valence-electron chi connectivity index (χ0n) is 15.3. The number of hydrogen-bond donors (Lipinski definition) is 0. The van der Waals surface area contributed by atoms with Crippen LogP contribution in [0.3, 0.4) is 0 Å². The predicted octanol–water partition coefficient (Wildman–Crippen LogP) is 7.81. The summed E-state index contributed by atoms with van der Waals surface area (Å²) in [7, 11) is 0. The molecule has 0 nitrogen and oxygen atoms in total. The Morgan fingerprint density at radius 3 is 1.20 bits per heavy atom. The first kappa shape index (κ1) is 20.8. The van der Waals surface area contributed by atoms with Crippen molar-refractivity contribution in [3.05, 3.63) is 0 Å². The Labute approximate surface area is 134 Å². The third-order valence-electron chi connectivity index (χ3n) is 5.49. The van der Waals surface area contributed by atoms with E-state index in [9.17, 15) is 0 Å². The molecule has 0 aromatic carbocycles. The molecule has 0 aromatic heterocycles. The van der Waals surface area contributed by atoms with Gasteiger partial charge < -0.3 is 0 Å². The summed E-state index contributed by atoms with van der Waals surface area (Å²) in [6.07, 6.45) is 14.7. The molecule has 20 heavy (non-hydrogen) atoms. The molecule has 1 heteroatoms. The van der Waals surface area contributed by atoms with Crippen molar-refractivity contribution in [1.29, 1.82) is 0 Å². The van der Waals surface area contributed by atoms with Gasteiger partial charge in [-0.1, -0.05) is 0 Å². The maximum absolute atomic E-state index is 2.62. The predicted molar refractivity (Wildman–Crippen MR) is 98.5 cm³/mol. The zero-order valence-corrected chi connectivity index (χ0v) is 18.1. The monoisotopic (exact) mass is 390 g/mol. The summed E-state index contributed by atoms with van der Waals surface area (Å²) in [5.41, 5.74) is 0. The van der Waals surface area contributed by atoms with Crippen LogP contribution in [0.15, 0.2) is 0 Å². The van der Waals surface area contributed by atoms with E-state index in [-0.39, 0.29) is 0 Å². The van der Waals surface area contributed by atoms with Crippen molar-refractivity contribution in [3.8, 4) is 0 Å². The molecule has 0 bridgehead atoms. The molecule has 0 saturated heterocycles. The average Bonchev–Trinajstić information content (AvgIpc) is 2.46. The van der Waals surface area contributed by atoms with Crippen molar-refractivity contribution in [1.82, 2.24) is 0 Å². The van der Waals surface area contributed by atoms with E-state index in [2.05, 4.69) is 34.6 Å². The topological polar surface area (TPSA) is 0 Å². The van der Waals surface area contributed by atoms with Crippen molar-refractivity contribution in [2.24, 2.45) is 0 Å². The van der Waals surface area contributed by atoms with Crippen LogP contribution in [0.1, 0.15) is 98.8 Å². The molecule has 1 unspecified atom stereocenters. The average molecular weight is 389 g/mol. The normalized spacial score (nSPS) is 13.7. The molecule has 0 heterocycles. The van der Waals surface area contributed by atoms with Crippen LogP contribution in [-0.2, 0) is 0 Å². The zero-order chi connectivity index (χ0) is 15.3. The van der Waals surface area contributed by atoms with E-state index >= 15 is 0 Å². The molecular weight excluding hydrogens is 347 g/mol. The van der Waals surface area contributed by atoms with Crippen LogP contribution < -0.4 is 0 Å². The first-order valence-electron chi connectivity index (χ1n) is 9.66. The van der Waals surface area contributed by atoms with Crippen molar-refractivity contribution >= 4 is 18.4 Å². The first-order chi connectivity index (χ1) is 9.66. The van der Waals surface area contributed by atoms with Crippen LogP contribution in [-0.4, -0.2) is 18.4 Å². The van der Waals surface area contributed by atoms with Gasteiger partial charge in [-0.05, 0) is 0 Å². The van der Waals surface area contributed by atoms with E-state index in [1.165, 1.54) is 44.9 Å². The fraction of sp³-hybridized carbons (Fsp3) is 1.00. The molecule has 0 aliphatic carbocycles. The summed E-state index contributed by atoms with van der Waals surface area (Å²) in [4.78, 5) is 0. The van der Waals surface area contributed by atoms with Crippen LogP contribution in [0, 0.1) is 0 Å². The second-order valence-corrected chi connectivity index (χ2v) is 21.9. The number of unbranched alkanes of at least 4 members (excludes halogenated alkanes) is 6. The molecule has 0 aliphatic rings. The van der Waals surface area contributed by atoms with Crippen LogP contribution in [0.4, 0.5) is 0 Å². The van der Waals surface area contributed by atoms with E-state index in [0.717, 1.165) is 3.93 Å². The summed E-state index contributed by atoms with van der Waals surface area (Å²) >= 11 is -1.87. The second-order valence-electron chi connectivity index (χ2n) is 7.04. The Balaban J connectivity index is 4.66. The van der Waals surface area contributed by atoms with Gasteiger partial charge in [0.25, 0.3) is 0 Å². The van der Waals surface area contributed by atoms with E-state index in [1.807, 2.05) is 0 Å². The molecule has 0 spiro atoms. The Hall–Kier alpha value is 0.799. The van der Waals surface area contributed by atoms with Crippen molar-refractivity contribution in [3.63, 3.8) is 0 Å². The van der Waals surface area contributed by atoms with Gasteiger partial charge in [0.15, 0.2) is 0 Å². The van der Waals surface area contributed by atoms with Crippen molar-refractivity contribution < 1.29 is 0 Å². The van der Waals surface area contributed by atoms with E-state index < -0.39 is 18.4 Å². The maximum atomic E-state index is 2.62. The van der Waals surface area contributed by atoms with Gasteiger partial charge in [0.2, 0.25) is 0 Å². The van der Waals surface area contributed by atoms with Crippen molar-refractivity contribution in [2.75, 3.05) is 0 Å². The molecule has 0 N–H and O–H groups in total. The Bertz CT molecular complexity index is 173. The standard InChI is InChI=1S/3C5H11.C4H9.Sn/c3*1-3-5-4-2;1-3-4-2;/h3*1,3-5H2,2H3;3H,4H2,1-2H3;. The Morgan fingerprint density at radius 2 is 0.950 bits per heavy atom. The fourth-order valence-electron chi connectivity index (χ4n) is 3.73. The first-order valence-corrected chi connectivity index (χ1v) is 17.4. The molecule has 0 radical (unpaired) electrons. The minimum absolute atomic E-state index is 1.12. The minimum atomic E-state index is -1.87. The van der Waals surface area contributed by atoms with Gasteiger partial charge >= 0.3 is 134 Å². The summed E-state index contributed by atoms with van der Waals surface area (Å²) < 4.78 is 6.22. The van der Waals surface area contributed by atoms with Crippen LogP contribution in [0.5, 0.6) is 0 Å². The second kappa shape index (κ2) is 13.5. The number of rotatable bonds is 14. The molecule has 122 valence electrons. The van der Waals surface area contributed by atoms with Gasteiger partial charge in [-0.2, -0.15) is 0 Å². The van der Waals surface area contributed by atoms with Gasteiger partial charge in [0, 0.05) is 0 Å². The van der Waals surface area contributed by atoms with Gasteiger partial charge in [-0.25, -0.2) is 0 Å². The van der Waals surface area contributed by atoms with Crippen LogP contribution in [0.2, 0.25) is 17.2 Å². The fourth-order valence-corrected chi connectivity index (χ4v) is 20.7. The Kier molecular flexibility index (Phi) is 14.0. The molecule has 0 aromatic rings. The van der Waals surface area contributed by atoms with E-state index in [1.54, 1.807) is 32.6 Å². The van der Waals surface area contributed by atoms with Crippen LogP contribution in [0.25, 0.3) is 0 Å². The summed E-state index contributed by atoms with van der Waals surface area (Å²) in [5, 5.41) is 0. The molecular formula is C19H42Sn. The van der Waals surface area contributed by atoms with Gasteiger partial charge in [-0.15, -0.1) is 0 Å². The van der Waals surface area contributed by atoms with E-state index in [0.29, 0.717) is 0 Å². The third kappa shape index (κ3) is 8.29. The molecule has 1 atom stereocenters. The summed E-state index contributed by atoms with van der Waals surface area (Å²) in [6.45, 7) is 12.1. The van der Waals surface area contributed by atoms with Crippen LogP contribution >= 0.6 is 0 Å². The summed E-state index contributed by atoms with van der Waals surface area (Å²) in [6, 6.07) is 0. The van der Waals surface area contributed by atoms with E-state index in [4.69, 9.17) is 0 Å². The molecule has 0 amide bonds. The molecule has 0 saturated carbocycles. The molecule has 0 rings (SSSR count). The quantitative estimate of drug-likeness (QED) is 0.210. The number of hydrogen-bond acceptors (Lipinski definition) is 0.